The Labute approximate surface area is 187 Å². The van der Waals surface area contributed by atoms with Gasteiger partial charge in [0.05, 0.1) is 19.1 Å². The van der Waals surface area contributed by atoms with E-state index in [0.29, 0.717) is 22.8 Å². The van der Waals surface area contributed by atoms with E-state index in [-0.39, 0.29) is 17.2 Å². The van der Waals surface area contributed by atoms with Gasteiger partial charge in [0.1, 0.15) is 33.2 Å². The van der Waals surface area contributed by atoms with E-state index in [1.54, 1.807) is 52.4 Å². The van der Waals surface area contributed by atoms with Gasteiger partial charge in [-0.3, -0.25) is 14.1 Å². The summed E-state index contributed by atoms with van der Waals surface area (Å²) < 4.78 is 40.5. The lowest BCUT2D eigenvalue weighted by Crippen LogP contribution is -2.52. The van der Waals surface area contributed by atoms with Crippen LogP contribution in [0.15, 0.2) is 47.7 Å². The average Bonchev–Trinajstić information content (AvgIpc) is 2.73. The van der Waals surface area contributed by atoms with Gasteiger partial charge in [0.15, 0.2) is 5.82 Å². The number of hydrogen-bond donors (Lipinski definition) is 4. The van der Waals surface area contributed by atoms with Crippen molar-refractivity contribution in [3.8, 4) is 5.75 Å². The lowest BCUT2D eigenvalue weighted by Gasteiger charge is -2.53. The van der Waals surface area contributed by atoms with Crippen molar-refractivity contribution in [2.75, 3.05) is 18.2 Å². The van der Waals surface area contributed by atoms with Crippen molar-refractivity contribution in [2.24, 2.45) is 10.7 Å². The second-order valence-corrected chi connectivity index (χ2v) is 11.2. The quantitative estimate of drug-likeness (QED) is 0.448. The van der Waals surface area contributed by atoms with E-state index >= 15 is 0 Å². The number of halogens is 1. The molecule has 3 heterocycles. The first-order valence-electron chi connectivity index (χ1n) is 9.94. The van der Waals surface area contributed by atoms with E-state index in [4.69, 9.17) is 10.5 Å². The van der Waals surface area contributed by atoms with Crippen LogP contribution in [0.4, 0.5) is 15.9 Å². The molecule has 0 bridgehead atoms. The third kappa shape index (κ3) is 3.64. The molecule has 3 aromatic rings. The third-order valence-electron chi connectivity index (χ3n) is 5.90. The maximum Gasteiger partial charge on any atom is 0.156 e. The van der Waals surface area contributed by atoms with Crippen LogP contribution in [0.5, 0.6) is 5.75 Å². The SMILES string of the molecule is COc1cnc2c(Nc3ccc(F)c([C@]4(C)CS(O)(O)C(C)(C)C(N)=N4)c3)nccc2c1. The Hall–Kier alpha value is -2.95. The van der Waals surface area contributed by atoms with E-state index in [0.717, 1.165) is 5.39 Å². The number of pyridine rings is 2. The number of hydrogen-bond acceptors (Lipinski definition) is 8. The molecule has 10 heteroatoms. The molecule has 32 heavy (non-hydrogen) atoms. The molecule has 170 valence electrons. The Morgan fingerprint density at radius 1 is 1.16 bits per heavy atom. The van der Waals surface area contributed by atoms with Crippen molar-refractivity contribution in [1.82, 2.24) is 9.97 Å². The van der Waals surface area contributed by atoms with Crippen molar-refractivity contribution >= 4 is 38.8 Å². The molecule has 0 saturated carbocycles. The van der Waals surface area contributed by atoms with Crippen LogP contribution >= 0.6 is 10.6 Å². The molecule has 8 nitrogen and oxygen atoms in total. The van der Waals surface area contributed by atoms with Crippen LogP contribution in [-0.4, -0.2) is 42.5 Å². The summed E-state index contributed by atoms with van der Waals surface area (Å²) in [5.74, 6) is 0.546. The standard InChI is InChI=1S/C22H26FN5O3S/c1-21(2)20(24)28-22(3,12-32(21,29)30)16-10-14(5-6-17(16)23)27-19-18-13(7-8-25-19)9-15(31-4)11-26-18/h5-11,29-30H,12H2,1-4H3,(H2,24,28)(H,25,27)/t22-/m0/s1. The maximum atomic E-state index is 14.9. The normalized spacial score (nSPS) is 22.8. The summed E-state index contributed by atoms with van der Waals surface area (Å²) in [4.78, 5) is 13.3. The molecule has 0 fully saturated rings. The van der Waals surface area contributed by atoms with Crippen molar-refractivity contribution in [2.45, 2.75) is 31.1 Å². The van der Waals surface area contributed by atoms with Gasteiger partial charge in [0.25, 0.3) is 0 Å². The maximum absolute atomic E-state index is 14.9. The molecule has 0 spiro atoms. The number of aliphatic imine (C=N–C) groups is 1. The Kier molecular flexibility index (Phi) is 5.27. The minimum Gasteiger partial charge on any atom is -0.495 e. The Morgan fingerprint density at radius 2 is 1.91 bits per heavy atom. The highest BCUT2D eigenvalue weighted by molar-refractivity contribution is 8.26. The lowest BCUT2D eigenvalue weighted by atomic mass is 9.92. The van der Waals surface area contributed by atoms with Gasteiger partial charge in [-0.2, -0.15) is 10.6 Å². The second kappa shape index (κ2) is 7.58. The first-order chi connectivity index (χ1) is 15.0. The van der Waals surface area contributed by atoms with Crippen LogP contribution < -0.4 is 15.8 Å². The Balaban J connectivity index is 1.75. The van der Waals surface area contributed by atoms with Crippen LogP contribution in [-0.2, 0) is 5.54 Å². The molecular weight excluding hydrogens is 433 g/mol. The molecule has 2 aromatic heterocycles. The van der Waals surface area contributed by atoms with Crippen LogP contribution in [0.3, 0.4) is 0 Å². The smallest absolute Gasteiger partial charge is 0.156 e. The minimum atomic E-state index is -3.17. The highest BCUT2D eigenvalue weighted by Gasteiger charge is 2.49. The molecule has 1 aliphatic heterocycles. The Morgan fingerprint density at radius 3 is 2.59 bits per heavy atom. The minimum absolute atomic E-state index is 0.0814. The summed E-state index contributed by atoms with van der Waals surface area (Å²) >= 11 is 0. The van der Waals surface area contributed by atoms with Crippen LogP contribution in [0, 0.1) is 5.82 Å². The number of ether oxygens (including phenoxy) is 1. The number of fused-ring (bicyclic) bond motifs is 1. The van der Waals surface area contributed by atoms with E-state index in [2.05, 4.69) is 20.3 Å². The van der Waals surface area contributed by atoms with E-state index < -0.39 is 26.7 Å². The van der Waals surface area contributed by atoms with Gasteiger partial charge in [-0.25, -0.2) is 14.4 Å². The zero-order valence-corrected chi connectivity index (χ0v) is 19.1. The number of nitrogens with zero attached hydrogens (tertiary/aromatic N) is 3. The molecule has 1 aliphatic rings. The second-order valence-electron chi connectivity index (χ2n) is 8.52. The predicted molar refractivity (Wildman–Crippen MR) is 127 cm³/mol. The lowest BCUT2D eigenvalue weighted by molar-refractivity contribution is 0.413. The Bertz CT molecular complexity index is 1230. The summed E-state index contributed by atoms with van der Waals surface area (Å²) in [5, 5.41) is 4.01. The number of nitrogens with one attached hydrogen (secondary N) is 1. The highest BCUT2D eigenvalue weighted by Crippen LogP contribution is 2.59. The van der Waals surface area contributed by atoms with E-state index in [1.807, 2.05) is 12.1 Å². The molecule has 1 atom stereocenters. The largest absolute Gasteiger partial charge is 0.495 e. The number of methoxy groups -OCH3 is 1. The number of anilines is 2. The summed E-state index contributed by atoms with van der Waals surface area (Å²) in [6, 6.07) is 8.13. The topological polar surface area (TPSA) is 126 Å². The molecular formula is C22H26FN5O3S. The number of amidine groups is 1. The fourth-order valence-electron chi connectivity index (χ4n) is 3.71. The van der Waals surface area contributed by atoms with Crippen molar-refractivity contribution in [3.05, 3.63) is 54.1 Å². The molecule has 0 aliphatic carbocycles. The monoisotopic (exact) mass is 459 g/mol. The van der Waals surface area contributed by atoms with Gasteiger partial charge in [-0.05, 0) is 51.1 Å². The molecule has 0 amide bonds. The van der Waals surface area contributed by atoms with Gasteiger partial charge in [-0.15, -0.1) is 0 Å². The summed E-state index contributed by atoms with van der Waals surface area (Å²) in [5.41, 5.74) is 6.23. The summed E-state index contributed by atoms with van der Waals surface area (Å²) in [6.07, 6.45) is 3.24. The van der Waals surface area contributed by atoms with E-state index in [9.17, 15) is 13.5 Å². The fraction of sp³-hybridized carbons (Fsp3) is 0.318. The first-order valence-corrected chi connectivity index (χ1v) is 11.7. The predicted octanol–water partition coefficient (Wildman–Crippen LogP) is 4.64. The summed E-state index contributed by atoms with van der Waals surface area (Å²) in [6.45, 7) is 4.90. The molecule has 0 unspecified atom stereocenters. The van der Waals surface area contributed by atoms with Gasteiger partial charge in [0, 0.05) is 22.8 Å². The average molecular weight is 460 g/mol. The van der Waals surface area contributed by atoms with Gasteiger partial charge >= 0.3 is 0 Å². The number of aromatic nitrogens is 2. The number of rotatable bonds is 4. The molecule has 0 radical (unpaired) electrons. The van der Waals surface area contributed by atoms with E-state index in [1.165, 1.54) is 6.07 Å². The van der Waals surface area contributed by atoms with Crippen LogP contribution in [0.1, 0.15) is 26.3 Å². The fourth-order valence-corrected chi connectivity index (χ4v) is 5.45. The number of nitrogens with two attached hydrogens (primary N) is 1. The summed E-state index contributed by atoms with van der Waals surface area (Å²) in [7, 11) is -1.60. The van der Waals surface area contributed by atoms with Crippen LogP contribution in [0.2, 0.25) is 0 Å². The van der Waals surface area contributed by atoms with Crippen molar-refractivity contribution in [1.29, 1.82) is 0 Å². The molecule has 1 aromatic carbocycles. The first kappa shape index (κ1) is 22.3. The molecule has 5 N–H and O–H groups in total. The van der Waals surface area contributed by atoms with Gasteiger partial charge < -0.3 is 15.8 Å². The zero-order valence-electron chi connectivity index (χ0n) is 18.3. The molecule has 4 rings (SSSR count). The highest BCUT2D eigenvalue weighted by atomic mass is 32.3. The third-order valence-corrected chi connectivity index (χ3v) is 8.71. The van der Waals surface area contributed by atoms with Crippen LogP contribution in [0.25, 0.3) is 10.9 Å². The van der Waals surface area contributed by atoms with Crippen molar-refractivity contribution < 1.29 is 18.2 Å². The van der Waals surface area contributed by atoms with Crippen molar-refractivity contribution in [3.63, 3.8) is 0 Å². The zero-order chi connectivity index (χ0) is 23.3. The number of benzene rings is 1. The van der Waals surface area contributed by atoms with Gasteiger partial charge in [0.2, 0.25) is 0 Å². The van der Waals surface area contributed by atoms with Gasteiger partial charge in [-0.1, -0.05) is 0 Å². The molecule has 0 saturated heterocycles.